The third-order valence-electron chi connectivity index (χ3n) is 3.33. The first kappa shape index (κ1) is 17.7. The van der Waals surface area contributed by atoms with Gasteiger partial charge in [0, 0.05) is 12.1 Å². The molecule has 0 aliphatic rings. The summed E-state index contributed by atoms with van der Waals surface area (Å²) < 4.78 is 18.5. The zero-order valence-corrected chi connectivity index (χ0v) is 12.7. The Bertz CT molecular complexity index is 680. The van der Waals surface area contributed by atoms with E-state index < -0.39 is 24.1 Å². The number of hydrogen-bond donors (Lipinski definition) is 4. The molecule has 0 radical (unpaired) electrons. The van der Waals surface area contributed by atoms with Crippen LogP contribution < -0.4 is 5.32 Å². The van der Waals surface area contributed by atoms with Crippen molar-refractivity contribution in [3.05, 3.63) is 65.5 Å². The van der Waals surface area contributed by atoms with Gasteiger partial charge >= 0.3 is 6.09 Å². The zero-order valence-electron chi connectivity index (χ0n) is 12.7. The Morgan fingerprint density at radius 3 is 2.58 bits per heavy atom. The van der Waals surface area contributed by atoms with E-state index in [1.807, 2.05) is 6.07 Å². The van der Waals surface area contributed by atoms with Crippen molar-refractivity contribution in [1.82, 2.24) is 5.32 Å². The molecule has 0 aromatic heterocycles. The van der Waals surface area contributed by atoms with E-state index >= 15 is 0 Å². The highest BCUT2D eigenvalue weighted by atomic mass is 19.1. The fraction of sp³-hybridized carbons (Fsp3) is 0.235. The third-order valence-corrected chi connectivity index (χ3v) is 3.33. The molecule has 1 amide bonds. The zero-order chi connectivity index (χ0) is 17.5. The summed E-state index contributed by atoms with van der Waals surface area (Å²) in [7, 11) is 0. The number of halogens is 1. The minimum Gasteiger partial charge on any atom is -0.508 e. The number of benzene rings is 2. The van der Waals surface area contributed by atoms with Crippen LogP contribution in [0, 0.1) is 5.82 Å². The number of alkyl carbamates (subject to hydrolysis) is 1. The highest BCUT2D eigenvalue weighted by molar-refractivity contribution is 5.67. The summed E-state index contributed by atoms with van der Waals surface area (Å²) >= 11 is 0. The van der Waals surface area contributed by atoms with E-state index in [1.165, 1.54) is 0 Å². The number of nitrogens with one attached hydrogen (secondary N) is 1. The second-order valence-corrected chi connectivity index (χ2v) is 5.16. The number of aliphatic hydroxyl groups is 2. The Morgan fingerprint density at radius 2 is 1.88 bits per heavy atom. The van der Waals surface area contributed by atoms with E-state index in [9.17, 15) is 24.5 Å². The number of phenolic OH excluding ortho intramolecular Hbond substituents is 1. The van der Waals surface area contributed by atoms with Crippen molar-refractivity contribution in [2.24, 2.45) is 0 Å². The van der Waals surface area contributed by atoms with Gasteiger partial charge < -0.3 is 25.4 Å². The quantitative estimate of drug-likeness (QED) is 0.646. The Balaban J connectivity index is 1.82. The van der Waals surface area contributed by atoms with E-state index in [2.05, 4.69) is 5.32 Å². The van der Waals surface area contributed by atoms with Crippen molar-refractivity contribution < 1.29 is 29.2 Å². The van der Waals surface area contributed by atoms with Gasteiger partial charge in [-0.2, -0.15) is 0 Å². The fourth-order valence-electron chi connectivity index (χ4n) is 2.04. The maximum absolute atomic E-state index is 13.6. The van der Waals surface area contributed by atoms with Gasteiger partial charge in [-0.3, -0.25) is 0 Å². The molecule has 0 heterocycles. The predicted molar refractivity (Wildman–Crippen MR) is 83.7 cm³/mol. The van der Waals surface area contributed by atoms with Gasteiger partial charge in [-0.15, -0.1) is 0 Å². The lowest BCUT2D eigenvalue weighted by atomic mass is 10.0. The molecule has 0 saturated heterocycles. The Morgan fingerprint density at radius 1 is 1.17 bits per heavy atom. The van der Waals surface area contributed by atoms with Gasteiger partial charge in [0.25, 0.3) is 0 Å². The van der Waals surface area contributed by atoms with Crippen LogP contribution in [0.2, 0.25) is 0 Å². The highest BCUT2D eigenvalue weighted by Crippen LogP contribution is 2.24. The molecule has 7 heteroatoms. The first-order valence-electron chi connectivity index (χ1n) is 7.26. The summed E-state index contributed by atoms with van der Waals surface area (Å²) in [6.45, 7) is -0.281. The molecule has 2 rings (SSSR count). The molecular weight excluding hydrogens is 317 g/mol. The second-order valence-electron chi connectivity index (χ2n) is 5.16. The van der Waals surface area contributed by atoms with E-state index in [1.54, 1.807) is 24.3 Å². The van der Waals surface area contributed by atoms with Crippen molar-refractivity contribution >= 4 is 6.09 Å². The SMILES string of the molecule is O=C(NCC(O)C(O)c1cc(O)ccc1F)OCc1ccccc1. The molecule has 6 nitrogen and oxygen atoms in total. The van der Waals surface area contributed by atoms with Crippen molar-refractivity contribution in [3.8, 4) is 5.75 Å². The monoisotopic (exact) mass is 335 g/mol. The molecule has 0 fully saturated rings. The van der Waals surface area contributed by atoms with Crippen molar-refractivity contribution in [1.29, 1.82) is 0 Å². The summed E-state index contributed by atoms with van der Waals surface area (Å²) in [6, 6.07) is 12.1. The van der Waals surface area contributed by atoms with Crippen LogP contribution in [0.15, 0.2) is 48.5 Å². The van der Waals surface area contributed by atoms with Gasteiger partial charge in [-0.05, 0) is 23.8 Å². The van der Waals surface area contributed by atoms with Gasteiger partial charge in [0.15, 0.2) is 0 Å². The van der Waals surface area contributed by atoms with Gasteiger partial charge in [0.1, 0.15) is 30.4 Å². The van der Waals surface area contributed by atoms with E-state index in [0.29, 0.717) is 0 Å². The minimum atomic E-state index is -1.61. The molecule has 24 heavy (non-hydrogen) atoms. The minimum absolute atomic E-state index is 0.0620. The Labute approximate surface area is 138 Å². The average Bonchev–Trinajstić information content (AvgIpc) is 2.60. The third kappa shape index (κ3) is 4.94. The molecule has 128 valence electrons. The summed E-state index contributed by atoms with van der Waals surface area (Å²) in [5.41, 5.74) is 0.539. The van der Waals surface area contributed by atoms with Crippen LogP contribution in [0.5, 0.6) is 5.75 Å². The lowest BCUT2D eigenvalue weighted by Crippen LogP contribution is -2.36. The first-order valence-corrected chi connectivity index (χ1v) is 7.26. The van der Waals surface area contributed by atoms with Gasteiger partial charge in [-0.25, -0.2) is 9.18 Å². The first-order chi connectivity index (χ1) is 11.5. The maximum atomic E-state index is 13.6. The fourth-order valence-corrected chi connectivity index (χ4v) is 2.04. The molecule has 4 N–H and O–H groups in total. The van der Waals surface area contributed by atoms with Crippen molar-refractivity contribution in [2.45, 2.75) is 18.8 Å². The second kappa shape index (κ2) is 8.28. The van der Waals surface area contributed by atoms with E-state index in [4.69, 9.17) is 4.74 Å². The van der Waals surface area contributed by atoms with Crippen LogP contribution in [-0.4, -0.2) is 34.1 Å². The van der Waals surface area contributed by atoms with Gasteiger partial charge in [0.05, 0.1) is 0 Å². The molecule has 0 spiro atoms. The maximum Gasteiger partial charge on any atom is 0.407 e. The number of aliphatic hydroxyl groups excluding tert-OH is 2. The summed E-state index contributed by atoms with van der Waals surface area (Å²) in [5.74, 6) is -1.01. The van der Waals surface area contributed by atoms with E-state index in [0.717, 1.165) is 23.8 Å². The lowest BCUT2D eigenvalue weighted by Gasteiger charge is -2.19. The number of hydrogen-bond acceptors (Lipinski definition) is 5. The smallest absolute Gasteiger partial charge is 0.407 e. The molecule has 0 aliphatic carbocycles. The number of carbonyl (C=O) groups excluding carboxylic acids is 1. The van der Waals surface area contributed by atoms with Crippen LogP contribution >= 0.6 is 0 Å². The molecule has 2 atom stereocenters. The molecule has 0 saturated carbocycles. The van der Waals surface area contributed by atoms with Crippen molar-refractivity contribution in [2.75, 3.05) is 6.54 Å². The topological polar surface area (TPSA) is 99.0 Å². The van der Waals surface area contributed by atoms with E-state index in [-0.39, 0.29) is 24.5 Å². The van der Waals surface area contributed by atoms with Crippen LogP contribution in [-0.2, 0) is 11.3 Å². The molecule has 2 aromatic carbocycles. The van der Waals surface area contributed by atoms with Crippen LogP contribution in [0.3, 0.4) is 0 Å². The van der Waals surface area contributed by atoms with Crippen LogP contribution in [0.25, 0.3) is 0 Å². The van der Waals surface area contributed by atoms with Gasteiger partial charge in [-0.1, -0.05) is 30.3 Å². The molecular formula is C17H18FNO5. The van der Waals surface area contributed by atoms with Crippen LogP contribution in [0.4, 0.5) is 9.18 Å². The Hall–Kier alpha value is -2.64. The van der Waals surface area contributed by atoms with Gasteiger partial charge in [0.2, 0.25) is 0 Å². The molecule has 0 aliphatic heterocycles. The van der Waals surface area contributed by atoms with Crippen molar-refractivity contribution in [3.63, 3.8) is 0 Å². The summed E-state index contributed by atoms with van der Waals surface area (Å²) in [5, 5.41) is 31.4. The number of ether oxygens (including phenoxy) is 1. The number of aromatic hydroxyl groups is 1. The molecule has 0 bridgehead atoms. The largest absolute Gasteiger partial charge is 0.508 e. The number of amides is 1. The normalized spacial score (nSPS) is 13.1. The molecule has 2 unspecified atom stereocenters. The number of phenols is 1. The number of carbonyl (C=O) groups is 1. The Kier molecular flexibility index (Phi) is 6.11. The summed E-state index contributed by atoms with van der Waals surface area (Å²) in [4.78, 5) is 11.6. The molecule has 2 aromatic rings. The summed E-state index contributed by atoms with van der Waals surface area (Å²) in [6.07, 6.45) is -3.85. The highest BCUT2D eigenvalue weighted by Gasteiger charge is 2.22. The lowest BCUT2D eigenvalue weighted by molar-refractivity contribution is 0.0163. The van der Waals surface area contributed by atoms with Crippen LogP contribution in [0.1, 0.15) is 17.2 Å². The predicted octanol–water partition coefficient (Wildman–Crippen LogP) is 1.85. The number of rotatable bonds is 6. The average molecular weight is 335 g/mol. The standard InChI is InChI=1S/C17H18FNO5/c18-14-7-6-12(20)8-13(14)16(22)15(21)9-19-17(23)24-10-11-4-2-1-3-5-11/h1-8,15-16,20-22H,9-10H2,(H,19,23).